The Kier molecular flexibility index (Phi) is 6.29. The average molecular weight is 488 g/mol. The van der Waals surface area contributed by atoms with Crippen LogP contribution in [-0.2, 0) is 0 Å². The molecule has 4 rings (SSSR count). The Morgan fingerprint density at radius 3 is 2.61 bits per heavy atom. The summed E-state index contributed by atoms with van der Waals surface area (Å²) in [7, 11) is 0. The van der Waals surface area contributed by atoms with E-state index in [1.54, 1.807) is 0 Å². The van der Waals surface area contributed by atoms with Crippen LogP contribution in [-0.4, -0.2) is 62.1 Å². The normalized spacial score (nSPS) is 18.4. The number of fused-ring (bicyclic) bond motifs is 1. The number of aliphatic hydroxyl groups is 1. The zero-order valence-electron chi connectivity index (χ0n) is 15.8. The van der Waals surface area contributed by atoms with Gasteiger partial charge in [-0.1, -0.05) is 6.07 Å². The van der Waals surface area contributed by atoms with Crippen LogP contribution < -0.4 is 10.2 Å². The summed E-state index contributed by atoms with van der Waals surface area (Å²) in [5.41, 5.74) is 5.98. The van der Waals surface area contributed by atoms with Gasteiger partial charge in [0.2, 0.25) is 0 Å². The van der Waals surface area contributed by atoms with E-state index in [0.29, 0.717) is 6.54 Å². The lowest BCUT2D eigenvalue weighted by molar-refractivity contribution is 0.189. The highest BCUT2D eigenvalue weighted by Crippen LogP contribution is 2.25. The maximum Gasteiger partial charge on any atom is 0.0660 e. The number of rotatable bonds is 5. The van der Waals surface area contributed by atoms with Crippen molar-refractivity contribution in [3.8, 4) is 0 Å². The molecule has 2 aromatic carbocycles. The van der Waals surface area contributed by atoms with Gasteiger partial charge < -0.3 is 15.3 Å². The molecule has 5 nitrogen and oxygen atoms in total. The number of aliphatic imine (C=N–C) groups is 1. The molecule has 1 fully saturated rings. The van der Waals surface area contributed by atoms with E-state index in [-0.39, 0.29) is 6.61 Å². The molecule has 28 heavy (non-hydrogen) atoms. The number of nitrogens with one attached hydrogen (secondary N) is 1. The van der Waals surface area contributed by atoms with Gasteiger partial charge in [-0.15, -0.1) is 0 Å². The van der Waals surface area contributed by atoms with Crippen molar-refractivity contribution in [1.82, 2.24) is 4.90 Å². The molecule has 0 aromatic heterocycles. The minimum Gasteiger partial charge on any atom is -0.395 e. The lowest BCUT2D eigenvalue weighted by atomic mass is 9.99. The molecule has 2 heterocycles. The summed E-state index contributed by atoms with van der Waals surface area (Å²) >= 11 is 2.35. The molecule has 146 valence electrons. The standard InChI is InChI=1S/C22H25IN4O/c23-19-2-1-17-14-24-15-18(22(17)13-19)16-25-20-3-5-21(6-4-20)27-9-7-26(8-10-27)11-12-28/h1-6,13-14,16,25,28H,7-12,15H2/b18-16+. The number of hydrogen-bond donors (Lipinski definition) is 2. The van der Waals surface area contributed by atoms with Gasteiger partial charge in [0.15, 0.2) is 0 Å². The number of halogens is 1. The molecule has 0 saturated carbocycles. The summed E-state index contributed by atoms with van der Waals surface area (Å²) in [4.78, 5) is 9.19. The predicted molar refractivity (Wildman–Crippen MR) is 125 cm³/mol. The molecule has 0 aliphatic carbocycles. The van der Waals surface area contributed by atoms with Crippen LogP contribution in [0, 0.1) is 3.57 Å². The Balaban J connectivity index is 1.40. The van der Waals surface area contributed by atoms with Crippen LogP contribution in [0.5, 0.6) is 0 Å². The molecule has 2 aromatic rings. The third-order valence-electron chi connectivity index (χ3n) is 5.29. The zero-order valence-corrected chi connectivity index (χ0v) is 18.0. The van der Waals surface area contributed by atoms with Crippen molar-refractivity contribution < 1.29 is 5.11 Å². The van der Waals surface area contributed by atoms with E-state index in [1.807, 2.05) is 6.21 Å². The van der Waals surface area contributed by atoms with E-state index < -0.39 is 0 Å². The van der Waals surface area contributed by atoms with E-state index in [4.69, 9.17) is 5.11 Å². The lowest BCUT2D eigenvalue weighted by Crippen LogP contribution is -2.47. The number of nitrogens with zero attached hydrogens (tertiary/aromatic N) is 3. The van der Waals surface area contributed by atoms with Crippen molar-refractivity contribution in [1.29, 1.82) is 0 Å². The second-order valence-corrected chi connectivity index (χ2v) is 8.36. The highest BCUT2D eigenvalue weighted by molar-refractivity contribution is 14.1. The van der Waals surface area contributed by atoms with Crippen LogP contribution in [0.25, 0.3) is 5.57 Å². The second-order valence-electron chi connectivity index (χ2n) is 7.11. The van der Waals surface area contributed by atoms with E-state index in [9.17, 15) is 0 Å². The molecule has 0 atom stereocenters. The molecule has 2 aliphatic rings. The van der Waals surface area contributed by atoms with Gasteiger partial charge in [-0.25, -0.2) is 0 Å². The van der Waals surface area contributed by atoms with Crippen molar-refractivity contribution in [2.24, 2.45) is 4.99 Å². The summed E-state index contributed by atoms with van der Waals surface area (Å²) in [5.74, 6) is 0. The quantitative estimate of drug-likeness (QED) is 0.635. The first-order valence-corrected chi connectivity index (χ1v) is 10.7. The molecule has 0 unspecified atom stereocenters. The van der Waals surface area contributed by atoms with Crippen molar-refractivity contribution in [3.05, 3.63) is 63.4 Å². The number of benzene rings is 2. The van der Waals surface area contributed by atoms with Crippen LogP contribution in [0.4, 0.5) is 11.4 Å². The van der Waals surface area contributed by atoms with Crippen molar-refractivity contribution >= 4 is 45.8 Å². The molecule has 1 saturated heterocycles. The summed E-state index contributed by atoms with van der Waals surface area (Å²) < 4.78 is 1.24. The number of piperazine rings is 1. The molecule has 6 heteroatoms. The number of anilines is 2. The fraction of sp³-hybridized carbons (Fsp3) is 0.318. The van der Waals surface area contributed by atoms with Gasteiger partial charge in [0.05, 0.1) is 13.2 Å². The van der Waals surface area contributed by atoms with Crippen LogP contribution >= 0.6 is 22.6 Å². The minimum atomic E-state index is 0.241. The van der Waals surface area contributed by atoms with Crippen molar-refractivity contribution in [3.63, 3.8) is 0 Å². The third kappa shape index (κ3) is 4.56. The fourth-order valence-electron chi connectivity index (χ4n) is 3.68. The van der Waals surface area contributed by atoms with E-state index in [2.05, 4.69) is 91.4 Å². The second kappa shape index (κ2) is 9.07. The Morgan fingerprint density at radius 1 is 1.07 bits per heavy atom. The Morgan fingerprint density at radius 2 is 1.86 bits per heavy atom. The third-order valence-corrected chi connectivity index (χ3v) is 5.96. The monoisotopic (exact) mass is 488 g/mol. The van der Waals surface area contributed by atoms with Gasteiger partial charge in [0.1, 0.15) is 0 Å². The predicted octanol–water partition coefficient (Wildman–Crippen LogP) is 3.29. The smallest absolute Gasteiger partial charge is 0.0660 e. The van der Waals surface area contributed by atoms with Crippen LogP contribution in [0.3, 0.4) is 0 Å². The Bertz CT molecular complexity index is 871. The number of aliphatic hydroxyl groups excluding tert-OH is 1. The first-order valence-electron chi connectivity index (χ1n) is 9.66. The van der Waals surface area contributed by atoms with Crippen molar-refractivity contribution in [2.45, 2.75) is 0 Å². The average Bonchev–Trinajstić information content (AvgIpc) is 2.73. The number of β-amino-alcohol motifs (C(OH)–C–C–N with tert-alkyl or cyclic N) is 1. The molecule has 0 radical (unpaired) electrons. The Labute approximate surface area is 179 Å². The van der Waals surface area contributed by atoms with E-state index in [0.717, 1.165) is 38.4 Å². The lowest BCUT2D eigenvalue weighted by Gasteiger charge is -2.35. The van der Waals surface area contributed by atoms with Crippen LogP contribution in [0.2, 0.25) is 0 Å². The van der Waals surface area contributed by atoms with E-state index in [1.165, 1.54) is 26.0 Å². The highest BCUT2D eigenvalue weighted by Gasteiger charge is 2.16. The molecule has 0 bridgehead atoms. The summed E-state index contributed by atoms with van der Waals surface area (Å²) in [6, 6.07) is 15.1. The minimum absolute atomic E-state index is 0.241. The first kappa shape index (κ1) is 19.4. The van der Waals surface area contributed by atoms with Gasteiger partial charge >= 0.3 is 0 Å². The SMILES string of the molecule is OCCN1CCN(c2ccc(N/C=C3\CN=Cc4ccc(I)cc43)cc2)CC1. The van der Waals surface area contributed by atoms with Crippen LogP contribution in [0.15, 0.2) is 53.7 Å². The van der Waals surface area contributed by atoms with Gasteiger partial charge in [-0.2, -0.15) is 0 Å². The zero-order chi connectivity index (χ0) is 19.3. The molecular formula is C22H25IN4O. The molecular weight excluding hydrogens is 463 g/mol. The topological polar surface area (TPSA) is 51.1 Å². The van der Waals surface area contributed by atoms with Crippen LogP contribution in [0.1, 0.15) is 11.1 Å². The van der Waals surface area contributed by atoms with Gasteiger partial charge in [-0.3, -0.25) is 9.89 Å². The maximum atomic E-state index is 9.07. The molecule has 0 amide bonds. The molecule has 2 N–H and O–H groups in total. The maximum absolute atomic E-state index is 9.07. The molecule has 2 aliphatic heterocycles. The van der Waals surface area contributed by atoms with Gasteiger partial charge in [0.25, 0.3) is 0 Å². The molecule has 0 spiro atoms. The van der Waals surface area contributed by atoms with Gasteiger partial charge in [0, 0.05) is 60.1 Å². The first-order chi connectivity index (χ1) is 13.7. The Hall–Kier alpha value is -1.90. The summed E-state index contributed by atoms with van der Waals surface area (Å²) in [5, 5.41) is 12.5. The van der Waals surface area contributed by atoms with Crippen molar-refractivity contribution in [2.75, 3.05) is 56.1 Å². The van der Waals surface area contributed by atoms with Gasteiger partial charge in [-0.05, 0) is 75.7 Å². The fourth-order valence-corrected chi connectivity index (χ4v) is 4.17. The number of hydrogen-bond acceptors (Lipinski definition) is 5. The summed E-state index contributed by atoms with van der Waals surface area (Å²) in [6.07, 6.45) is 4.03. The highest BCUT2D eigenvalue weighted by atomic mass is 127. The summed E-state index contributed by atoms with van der Waals surface area (Å²) in [6.45, 7) is 5.74. The van der Waals surface area contributed by atoms with E-state index >= 15 is 0 Å². The largest absolute Gasteiger partial charge is 0.395 e.